The van der Waals surface area contributed by atoms with Crippen LogP contribution in [0.5, 0.6) is 0 Å². The SMILES string of the molecule is CC(=O)c1cccc(C2CC2(F)F)c1.CCCC[C@@H]1CCn2c1nc1ccc(-c3cnc(C4(N)CCC4)nc3)cc12. The quantitative estimate of drug-likeness (QED) is 0.238. The van der Waals surface area contributed by atoms with Crippen LogP contribution in [0.3, 0.4) is 0 Å². The van der Waals surface area contributed by atoms with E-state index in [4.69, 9.17) is 10.7 Å². The summed E-state index contributed by atoms with van der Waals surface area (Å²) in [6, 6.07) is 13.0. The number of unbranched alkanes of at least 4 members (excludes halogenated alkanes) is 1. The number of rotatable bonds is 7. The molecule has 3 aliphatic rings. The van der Waals surface area contributed by atoms with Gasteiger partial charge < -0.3 is 10.3 Å². The van der Waals surface area contributed by atoms with E-state index in [0.29, 0.717) is 17.0 Å². The largest absolute Gasteiger partial charge is 0.328 e. The zero-order valence-corrected chi connectivity index (χ0v) is 23.7. The molecule has 1 unspecified atom stereocenters. The first-order valence-corrected chi connectivity index (χ1v) is 14.8. The second-order valence-electron chi connectivity index (χ2n) is 12.0. The maximum atomic E-state index is 12.7. The fourth-order valence-corrected chi connectivity index (χ4v) is 6.07. The Morgan fingerprint density at radius 3 is 2.49 bits per heavy atom. The number of alkyl halides is 2. The highest BCUT2D eigenvalue weighted by molar-refractivity contribution is 5.94. The Morgan fingerprint density at radius 1 is 1.10 bits per heavy atom. The van der Waals surface area contributed by atoms with Gasteiger partial charge in [0.1, 0.15) is 11.6 Å². The van der Waals surface area contributed by atoms with Crippen molar-refractivity contribution in [2.75, 3.05) is 0 Å². The highest BCUT2D eigenvalue weighted by atomic mass is 19.3. The molecule has 214 valence electrons. The van der Waals surface area contributed by atoms with Gasteiger partial charge in [-0.15, -0.1) is 0 Å². The van der Waals surface area contributed by atoms with Crippen LogP contribution in [0.1, 0.15) is 105 Å². The zero-order chi connectivity index (χ0) is 28.8. The van der Waals surface area contributed by atoms with Crippen molar-refractivity contribution >= 4 is 16.8 Å². The molecule has 3 heterocycles. The average Bonchev–Trinajstić information content (AvgIpc) is 3.26. The van der Waals surface area contributed by atoms with Crippen LogP contribution in [0.2, 0.25) is 0 Å². The Kier molecular flexibility index (Phi) is 7.22. The summed E-state index contributed by atoms with van der Waals surface area (Å²) in [5.41, 5.74) is 11.6. The average molecular weight is 558 g/mol. The van der Waals surface area contributed by atoms with E-state index in [-0.39, 0.29) is 17.7 Å². The van der Waals surface area contributed by atoms with Crippen molar-refractivity contribution < 1.29 is 13.6 Å². The van der Waals surface area contributed by atoms with Gasteiger partial charge in [-0.25, -0.2) is 23.7 Å². The zero-order valence-electron chi connectivity index (χ0n) is 23.7. The predicted molar refractivity (Wildman–Crippen MR) is 156 cm³/mol. The van der Waals surface area contributed by atoms with Gasteiger partial charge in [0.2, 0.25) is 0 Å². The molecule has 4 aromatic rings. The number of aromatic nitrogens is 4. The number of hydrogen-bond acceptors (Lipinski definition) is 5. The molecule has 2 aromatic carbocycles. The second-order valence-corrected chi connectivity index (χ2v) is 12.0. The molecule has 2 fully saturated rings. The number of ketones is 1. The van der Waals surface area contributed by atoms with Crippen molar-refractivity contribution in [1.82, 2.24) is 19.5 Å². The summed E-state index contributed by atoms with van der Waals surface area (Å²) in [5, 5.41) is 0. The molecule has 2 aromatic heterocycles. The van der Waals surface area contributed by atoms with E-state index in [2.05, 4.69) is 39.7 Å². The Hall–Kier alpha value is -3.52. The van der Waals surface area contributed by atoms with Gasteiger partial charge in [-0.3, -0.25) is 4.79 Å². The van der Waals surface area contributed by atoms with Gasteiger partial charge in [0.05, 0.1) is 22.5 Å². The van der Waals surface area contributed by atoms with Crippen LogP contribution >= 0.6 is 0 Å². The fraction of sp³-hybridized carbons (Fsp3) is 0.455. The summed E-state index contributed by atoms with van der Waals surface area (Å²) in [6.07, 6.45) is 11.9. The van der Waals surface area contributed by atoms with Gasteiger partial charge in [0.15, 0.2) is 5.78 Å². The lowest BCUT2D eigenvalue weighted by Crippen LogP contribution is -2.44. The number of halogens is 2. The summed E-state index contributed by atoms with van der Waals surface area (Å²) in [7, 11) is 0. The van der Waals surface area contributed by atoms with Crippen LogP contribution in [-0.4, -0.2) is 31.2 Å². The first-order valence-electron chi connectivity index (χ1n) is 14.8. The molecule has 41 heavy (non-hydrogen) atoms. The van der Waals surface area contributed by atoms with Gasteiger partial charge in [-0.2, -0.15) is 0 Å². The van der Waals surface area contributed by atoms with Gasteiger partial charge in [0, 0.05) is 42.4 Å². The summed E-state index contributed by atoms with van der Waals surface area (Å²) in [6.45, 7) is 4.77. The number of imidazole rings is 1. The minimum atomic E-state index is -2.56. The van der Waals surface area contributed by atoms with Crippen molar-refractivity contribution in [2.45, 2.75) is 95.1 Å². The lowest BCUT2D eigenvalue weighted by molar-refractivity contribution is 0.101. The van der Waals surface area contributed by atoms with Crippen LogP contribution in [0.4, 0.5) is 8.78 Å². The summed E-state index contributed by atoms with van der Waals surface area (Å²) in [4.78, 5) is 25.1. The Balaban J connectivity index is 0.000000182. The molecule has 0 radical (unpaired) electrons. The van der Waals surface area contributed by atoms with Crippen molar-refractivity contribution in [2.24, 2.45) is 5.73 Å². The van der Waals surface area contributed by atoms with Gasteiger partial charge in [-0.1, -0.05) is 44.0 Å². The number of nitrogens with zero attached hydrogens (tertiary/aromatic N) is 4. The van der Waals surface area contributed by atoms with E-state index in [1.54, 1.807) is 24.3 Å². The van der Waals surface area contributed by atoms with Crippen LogP contribution in [-0.2, 0) is 12.1 Å². The van der Waals surface area contributed by atoms with Gasteiger partial charge in [0.25, 0.3) is 5.92 Å². The predicted octanol–water partition coefficient (Wildman–Crippen LogP) is 7.52. The smallest absolute Gasteiger partial charge is 0.255 e. The lowest BCUT2D eigenvalue weighted by Gasteiger charge is -2.36. The van der Waals surface area contributed by atoms with E-state index < -0.39 is 11.8 Å². The number of nitrogens with two attached hydrogens (primary N) is 1. The molecule has 2 N–H and O–H groups in total. The Morgan fingerprint density at radius 2 is 1.85 bits per heavy atom. The van der Waals surface area contributed by atoms with Crippen molar-refractivity contribution in [3.8, 4) is 11.1 Å². The molecule has 0 bridgehead atoms. The third-order valence-corrected chi connectivity index (χ3v) is 8.95. The van der Waals surface area contributed by atoms with Crippen molar-refractivity contribution in [3.05, 3.63) is 77.6 Å². The van der Waals surface area contributed by atoms with Gasteiger partial charge in [-0.05, 0) is 68.4 Å². The second kappa shape index (κ2) is 10.7. The minimum absolute atomic E-state index is 0.0872. The monoisotopic (exact) mass is 557 g/mol. The van der Waals surface area contributed by atoms with E-state index in [0.717, 1.165) is 41.9 Å². The number of carbonyl (C=O) groups excluding carboxylic acids is 1. The third kappa shape index (κ3) is 5.42. The molecule has 1 aliphatic heterocycles. The number of benzene rings is 2. The molecule has 0 spiro atoms. The van der Waals surface area contributed by atoms with Crippen LogP contribution in [0.15, 0.2) is 54.9 Å². The topological polar surface area (TPSA) is 86.7 Å². The van der Waals surface area contributed by atoms with Crippen LogP contribution in [0, 0.1) is 0 Å². The normalized spacial score (nSPS) is 21.5. The maximum absolute atomic E-state index is 12.7. The van der Waals surface area contributed by atoms with Crippen molar-refractivity contribution in [3.63, 3.8) is 0 Å². The molecule has 8 heteroatoms. The number of aryl methyl sites for hydroxylation is 1. The summed E-state index contributed by atoms with van der Waals surface area (Å²) >= 11 is 0. The molecule has 0 saturated heterocycles. The maximum Gasteiger partial charge on any atom is 0.255 e. The molecule has 2 atom stereocenters. The number of fused-ring (bicyclic) bond motifs is 3. The van der Waals surface area contributed by atoms with E-state index in [9.17, 15) is 13.6 Å². The lowest BCUT2D eigenvalue weighted by atomic mass is 9.77. The molecule has 2 saturated carbocycles. The Labute approximate surface area is 239 Å². The van der Waals surface area contributed by atoms with E-state index in [1.165, 1.54) is 50.4 Å². The molecule has 6 nitrogen and oxygen atoms in total. The fourth-order valence-electron chi connectivity index (χ4n) is 6.07. The van der Waals surface area contributed by atoms with Crippen LogP contribution in [0.25, 0.3) is 22.2 Å². The number of Topliss-reactive ketones (excluding diaryl/α,β-unsaturated/α-hetero) is 1. The molecule has 2 aliphatic carbocycles. The first-order chi connectivity index (χ1) is 19.7. The molecule has 7 rings (SSSR count). The molecule has 0 amide bonds. The molecular weight excluding hydrogens is 520 g/mol. The third-order valence-electron chi connectivity index (χ3n) is 8.95. The standard InChI is InChI=1S/C22H27N5.C11H10F2O/c1-2-3-5-15-8-11-27-19-12-16(6-7-18(19)26-20(15)27)17-13-24-21(25-14-17)22(23)9-4-10-22;1-7(14)8-3-2-4-9(5-8)10-6-11(10,12)13/h6-7,12-15H,2-5,8-11,23H2,1H3;2-5,10H,6H2,1H3/t15-;/m1./s1. The highest BCUT2D eigenvalue weighted by Gasteiger charge is 2.57. The van der Waals surface area contributed by atoms with Gasteiger partial charge >= 0.3 is 0 Å². The van der Waals surface area contributed by atoms with E-state index >= 15 is 0 Å². The first kappa shape index (κ1) is 27.6. The van der Waals surface area contributed by atoms with Crippen LogP contribution < -0.4 is 5.73 Å². The Bertz CT molecular complexity index is 1570. The number of carbonyl (C=O) groups is 1. The summed E-state index contributed by atoms with van der Waals surface area (Å²) < 4.78 is 27.9. The minimum Gasteiger partial charge on any atom is -0.328 e. The van der Waals surface area contributed by atoms with E-state index in [1.807, 2.05) is 12.4 Å². The molecular formula is C33H37F2N5O. The highest BCUT2D eigenvalue weighted by Crippen LogP contribution is 2.55. The summed E-state index contributed by atoms with van der Waals surface area (Å²) in [5.74, 6) is -0.654. The van der Waals surface area contributed by atoms with Crippen molar-refractivity contribution in [1.29, 1.82) is 0 Å². The number of hydrogen-bond donors (Lipinski definition) is 1.